The van der Waals surface area contributed by atoms with E-state index in [9.17, 15) is 4.79 Å². The van der Waals surface area contributed by atoms with Crippen LogP contribution in [0.15, 0.2) is 48.5 Å². The van der Waals surface area contributed by atoms with Crippen LogP contribution in [0.1, 0.15) is 16.1 Å². The number of methoxy groups -OCH3 is 1. The minimum Gasteiger partial charge on any atom is -0.497 e. The van der Waals surface area contributed by atoms with Crippen molar-refractivity contribution in [2.45, 2.75) is 6.92 Å². The van der Waals surface area contributed by atoms with E-state index in [0.29, 0.717) is 11.3 Å². The molecule has 0 unspecified atom stereocenters. The maximum absolute atomic E-state index is 12.5. The average molecular weight is 418 g/mol. The molecular formula is C18H15IN2O2. The lowest BCUT2D eigenvalue weighted by atomic mass is 10.1. The first-order valence-corrected chi connectivity index (χ1v) is 8.17. The van der Waals surface area contributed by atoms with Crippen LogP contribution in [-0.4, -0.2) is 18.0 Å². The van der Waals surface area contributed by atoms with Crippen LogP contribution in [0.4, 0.5) is 5.69 Å². The standard InChI is InChI=1S/C18H15IN2O2/c1-11-16(18(22)21-14-6-4-13(19)5-7-14)9-12-3-8-15(23-2)10-17(12)20-11/h3-10H,1-2H3,(H,21,22). The molecule has 0 fully saturated rings. The normalized spacial score (nSPS) is 10.6. The van der Waals surface area contributed by atoms with Gasteiger partial charge in [0.15, 0.2) is 0 Å². The number of rotatable bonds is 3. The van der Waals surface area contributed by atoms with Crippen molar-refractivity contribution in [3.8, 4) is 5.75 Å². The summed E-state index contributed by atoms with van der Waals surface area (Å²) in [7, 11) is 1.62. The van der Waals surface area contributed by atoms with Crippen molar-refractivity contribution in [2.24, 2.45) is 0 Å². The zero-order chi connectivity index (χ0) is 16.4. The van der Waals surface area contributed by atoms with Crippen LogP contribution < -0.4 is 10.1 Å². The van der Waals surface area contributed by atoms with Crippen LogP contribution in [0.3, 0.4) is 0 Å². The number of aryl methyl sites for hydroxylation is 1. The molecule has 0 radical (unpaired) electrons. The van der Waals surface area contributed by atoms with Crippen molar-refractivity contribution in [3.63, 3.8) is 0 Å². The molecule has 0 aliphatic rings. The van der Waals surface area contributed by atoms with Crippen LogP contribution >= 0.6 is 22.6 Å². The number of nitrogens with one attached hydrogen (secondary N) is 1. The molecule has 23 heavy (non-hydrogen) atoms. The van der Waals surface area contributed by atoms with Gasteiger partial charge in [0.1, 0.15) is 5.75 Å². The number of carbonyl (C=O) groups excluding carboxylic acids is 1. The number of hydrogen-bond donors (Lipinski definition) is 1. The molecule has 5 heteroatoms. The van der Waals surface area contributed by atoms with Gasteiger partial charge < -0.3 is 10.1 Å². The van der Waals surface area contributed by atoms with Crippen LogP contribution in [0.5, 0.6) is 5.75 Å². The fourth-order valence-electron chi connectivity index (χ4n) is 2.33. The number of hydrogen-bond acceptors (Lipinski definition) is 3. The molecule has 0 saturated heterocycles. The molecule has 1 aromatic heterocycles. The molecule has 0 spiro atoms. The number of amides is 1. The fraction of sp³-hybridized carbons (Fsp3) is 0.111. The Bertz CT molecular complexity index is 876. The Morgan fingerprint density at radius 1 is 1.13 bits per heavy atom. The third-order valence-corrected chi connectivity index (χ3v) is 4.28. The van der Waals surface area contributed by atoms with Crippen molar-refractivity contribution in [1.82, 2.24) is 4.98 Å². The lowest BCUT2D eigenvalue weighted by molar-refractivity contribution is 0.102. The van der Waals surface area contributed by atoms with Crippen LogP contribution in [0.25, 0.3) is 10.9 Å². The van der Waals surface area contributed by atoms with Gasteiger partial charge in [0.2, 0.25) is 0 Å². The minimum absolute atomic E-state index is 0.158. The first kappa shape index (κ1) is 15.7. The summed E-state index contributed by atoms with van der Waals surface area (Å²) in [6, 6.07) is 15.2. The van der Waals surface area contributed by atoms with E-state index < -0.39 is 0 Å². The molecule has 1 N–H and O–H groups in total. The Labute approximate surface area is 148 Å². The number of aromatic nitrogens is 1. The molecule has 1 heterocycles. The number of ether oxygens (including phenoxy) is 1. The summed E-state index contributed by atoms with van der Waals surface area (Å²) in [6.07, 6.45) is 0. The summed E-state index contributed by atoms with van der Waals surface area (Å²) < 4.78 is 6.33. The maximum atomic E-state index is 12.5. The number of benzene rings is 2. The van der Waals surface area contributed by atoms with Gasteiger partial charge in [-0.05, 0) is 72.0 Å². The van der Waals surface area contributed by atoms with Crippen molar-refractivity contribution in [2.75, 3.05) is 12.4 Å². The van der Waals surface area contributed by atoms with Crippen LogP contribution in [-0.2, 0) is 0 Å². The Balaban J connectivity index is 1.93. The summed E-state index contributed by atoms with van der Waals surface area (Å²) in [6.45, 7) is 1.84. The third-order valence-electron chi connectivity index (χ3n) is 3.56. The molecule has 2 aromatic carbocycles. The lowest BCUT2D eigenvalue weighted by Gasteiger charge is -2.09. The van der Waals surface area contributed by atoms with Gasteiger partial charge in [-0.15, -0.1) is 0 Å². The summed E-state index contributed by atoms with van der Waals surface area (Å²) in [4.78, 5) is 17.0. The smallest absolute Gasteiger partial charge is 0.257 e. The Morgan fingerprint density at radius 2 is 1.87 bits per heavy atom. The summed E-state index contributed by atoms with van der Waals surface area (Å²) in [5.41, 5.74) is 2.84. The van der Waals surface area contributed by atoms with E-state index in [4.69, 9.17) is 4.74 Å². The molecular weight excluding hydrogens is 403 g/mol. The lowest BCUT2D eigenvalue weighted by Crippen LogP contribution is -2.14. The largest absolute Gasteiger partial charge is 0.497 e. The topological polar surface area (TPSA) is 51.2 Å². The minimum atomic E-state index is -0.158. The Kier molecular flexibility index (Phi) is 4.47. The highest BCUT2D eigenvalue weighted by atomic mass is 127. The van der Waals surface area contributed by atoms with Gasteiger partial charge in [0.05, 0.1) is 23.9 Å². The van der Waals surface area contributed by atoms with Crippen molar-refractivity contribution in [3.05, 3.63) is 63.4 Å². The Hall–Kier alpha value is -2.15. The number of pyridine rings is 1. The summed E-state index contributed by atoms with van der Waals surface area (Å²) in [5, 5.41) is 3.81. The second kappa shape index (κ2) is 6.54. The van der Waals surface area contributed by atoms with Crippen molar-refractivity contribution in [1.29, 1.82) is 0 Å². The molecule has 0 saturated carbocycles. The molecule has 3 rings (SSSR count). The number of anilines is 1. The number of fused-ring (bicyclic) bond motifs is 1. The van der Waals surface area contributed by atoms with E-state index in [1.54, 1.807) is 7.11 Å². The highest BCUT2D eigenvalue weighted by Crippen LogP contribution is 2.22. The van der Waals surface area contributed by atoms with Gasteiger partial charge >= 0.3 is 0 Å². The number of nitrogens with zero attached hydrogens (tertiary/aromatic N) is 1. The van der Waals surface area contributed by atoms with Gasteiger partial charge in [-0.3, -0.25) is 9.78 Å². The first-order valence-electron chi connectivity index (χ1n) is 7.09. The van der Waals surface area contributed by atoms with Gasteiger partial charge in [-0.25, -0.2) is 0 Å². The SMILES string of the molecule is COc1ccc2cc(C(=O)Nc3ccc(I)cc3)c(C)nc2c1. The zero-order valence-electron chi connectivity index (χ0n) is 12.8. The molecule has 3 aromatic rings. The van der Waals surface area contributed by atoms with Gasteiger partial charge in [0.25, 0.3) is 5.91 Å². The van der Waals surface area contributed by atoms with Crippen molar-refractivity contribution >= 4 is 45.1 Å². The van der Waals surface area contributed by atoms with E-state index in [0.717, 1.165) is 25.9 Å². The molecule has 0 aliphatic heterocycles. The van der Waals surface area contributed by atoms with E-state index in [1.165, 1.54) is 0 Å². The maximum Gasteiger partial charge on any atom is 0.257 e. The van der Waals surface area contributed by atoms with Gasteiger partial charge in [0, 0.05) is 20.7 Å². The van der Waals surface area contributed by atoms with Gasteiger partial charge in [-0.2, -0.15) is 0 Å². The summed E-state index contributed by atoms with van der Waals surface area (Å²) in [5.74, 6) is 0.592. The molecule has 1 amide bonds. The van der Waals surface area contributed by atoms with Crippen molar-refractivity contribution < 1.29 is 9.53 Å². The molecule has 116 valence electrons. The predicted octanol–water partition coefficient (Wildman–Crippen LogP) is 4.41. The van der Waals surface area contributed by atoms with E-state index in [-0.39, 0.29) is 5.91 Å². The number of carbonyl (C=O) groups is 1. The predicted molar refractivity (Wildman–Crippen MR) is 100 cm³/mol. The van der Waals surface area contributed by atoms with E-state index in [2.05, 4.69) is 32.9 Å². The van der Waals surface area contributed by atoms with E-state index in [1.807, 2.05) is 55.5 Å². The second-order valence-corrected chi connectivity index (χ2v) is 6.39. The molecule has 4 nitrogen and oxygen atoms in total. The Morgan fingerprint density at radius 3 is 2.57 bits per heavy atom. The molecule has 0 atom stereocenters. The average Bonchev–Trinajstić information content (AvgIpc) is 2.55. The van der Waals surface area contributed by atoms with Crippen LogP contribution in [0, 0.1) is 10.5 Å². The monoisotopic (exact) mass is 418 g/mol. The second-order valence-electron chi connectivity index (χ2n) is 5.14. The molecule has 0 bridgehead atoms. The highest BCUT2D eigenvalue weighted by molar-refractivity contribution is 14.1. The van der Waals surface area contributed by atoms with Gasteiger partial charge in [-0.1, -0.05) is 0 Å². The zero-order valence-corrected chi connectivity index (χ0v) is 14.9. The quantitative estimate of drug-likeness (QED) is 0.642. The van der Waals surface area contributed by atoms with Crippen LogP contribution in [0.2, 0.25) is 0 Å². The van der Waals surface area contributed by atoms with E-state index >= 15 is 0 Å². The molecule has 0 aliphatic carbocycles. The number of halogens is 1. The highest BCUT2D eigenvalue weighted by Gasteiger charge is 2.12. The third kappa shape index (κ3) is 3.44. The summed E-state index contributed by atoms with van der Waals surface area (Å²) >= 11 is 2.23. The first-order chi connectivity index (χ1) is 11.1. The fourth-order valence-corrected chi connectivity index (χ4v) is 2.69.